The minimum Gasteiger partial charge on any atom is -0.368 e. The first kappa shape index (κ1) is 17.5. The predicted molar refractivity (Wildman–Crippen MR) is 89.9 cm³/mol. The summed E-state index contributed by atoms with van der Waals surface area (Å²) in [6, 6.07) is 8.39. The second-order valence-corrected chi connectivity index (χ2v) is 8.01. The maximum absolute atomic E-state index is 11.7. The first-order chi connectivity index (χ1) is 9.23. The van der Waals surface area contributed by atoms with Crippen LogP contribution in [0.5, 0.6) is 0 Å². The van der Waals surface area contributed by atoms with Gasteiger partial charge in [0.1, 0.15) is 0 Å². The first-order valence-electron chi connectivity index (χ1n) is 6.73. The van der Waals surface area contributed by atoms with Gasteiger partial charge in [0, 0.05) is 20.7 Å². The minimum absolute atomic E-state index is 0.218. The van der Waals surface area contributed by atoms with Gasteiger partial charge in [-0.2, -0.15) is 0 Å². The number of carbonyl (C=O) groups is 1. The molecular weight excluding hydrogens is 336 g/mol. The lowest BCUT2D eigenvalue weighted by Crippen LogP contribution is -2.56. The highest BCUT2D eigenvalue weighted by Gasteiger charge is 2.33. The molecular formula is C15H23BrN2OS. The molecule has 1 rings (SSSR count). The number of hydrogen-bond donors (Lipinski definition) is 2. The van der Waals surface area contributed by atoms with Crippen molar-refractivity contribution in [2.45, 2.75) is 55.8 Å². The van der Waals surface area contributed by atoms with Gasteiger partial charge in [0.2, 0.25) is 5.91 Å². The second-order valence-electron chi connectivity index (χ2n) is 5.59. The zero-order chi connectivity index (χ0) is 15.3. The molecule has 0 heterocycles. The molecule has 1 amide bonds. The van der Waals surface area contributed by atoms with Crippen molar-refractivity contribution in [1.82, 2.24) is 5.32 Å². The van der Waals surface area contributed by atoms with Gasteiger partial charge >= 0.3 is 0 Å². The standard InChI is InChI=1S/C15H23BrN2OS/c1-10(2)18-15(4,14(17)19)9-11(3)20-13-7-5-6-12(16)8-13/h5-8,10-11,18H,9H2,1-4H3,(H2,17,19). The molecule has 1 aromatic rings. The van der Waals surface area contributed by atoms with E-state index in [1.54, 1.807) is 11.8 Å². The molecule has 3 N–H and O–H groups in total. The Kier molecular flexibility index (Phi) is 6.55. The van der Waals surface area contributed by atoms with E-state index in [0.717, 1.165) is 4.47 Å². The summed E-state index contributed by atoms with van der Waals surface area (Å²) in [5.41, 5.74) is 4.89. The molecule has 2 atom stereocenters. The monoisotopic (exact) mass is 358 g/mol. The summed E-state index contributed by atoms with van der Waals surface area (Å²) in [6.07, 6.45) is 0.692. The minimum atomic E-state index is -0.674. The first-order valence-corrected chi connectivity index (χ1v) is 8.40. The molecule has 0 bridgehead atoms. The Morgan fingerprint density at radius 2 is 2.10 bits per heavy atom. The average Bonchev–Trinajstić information content (AvgIpc) is 2.26. The summed E-state index contributed by atoms with van der Waals surface area (Å²) in [6.45, 7) is 8.04. The lowest BCUT2D eigenvalue weighted by molar-refractivity contribution is -0.124. The number of thioether (sulfide) groups is 1. The van der Waals surface area contributed by atoms with E-state index in [0.29, 0.717) is 6.42 Å². The lowest BCUT2D eigenvalue weighted by Gasteiger charge is -2.32. The van der Waals surface area contributed by atoms with Crippen molar-refractivity contribution in [3.8, 4) is 0 Å². The van der Waals surface area contributed by atoms with Gasteiger partial charge in [-0.25, -0.2) is 0 Å². The van der Waals surface area contributed by atoms with Gasteiger partial charge in [0.05, 0.1) is 5.54 Å². The molecule has 0 aliphatic carbocycles. The third-order valence-electron chi connectivity index (χ3n) is 2.98. The number of benzene rings is 1. The summed E-state index contributed by atoms with van der Waals surface area (Å²) >= 11 is 5.22. The molecule has 0 aliphatic rings. The van der Waals surface area contributed by atoms with Gasteiger partial charge in [0.25, 0.3) is 0 Å². The summed E-state index contributed by atoms with van der Waals surface area (Å²) in [4.78, 5) is 12.9. The van der Waals surface area contributed by atoms with E-state index < -0.39 is 5.54 Å². The van der Waals surface area contributed by atoms with Crippen LogP contribution in [0.2, 0.25) is 0 Å². The van der Waals surface area contributed by atoms with E-state index in [4.69, 9.17) is 5.73 Å². The molecule has 0 saturated heterocycles. The third kappa shape index (κ3) is 5.46. The van der Waals surface area contributed by atoms with Crippen LogP contribution in [0.25, 0.3) is 0 Å². The van der Waals surface area contributed by atoms with Crippen LogP contribution in [-0.4, -0.2) is 22.7 Å². The Balaban J connectivity index is 2.71. The van der Waals surface area contributed by atoms with Gasteiger partial charge in [-0.15, -0.1) is 11.8 Å². The van der Waals surface area contributed by atoms with Crippen LogP contribution in [-0.2, 0) is 4.79 Å². The van der Waals surface area contributed by atoms with Crippen molar-refractivity contribution >= 4 is 33.6 Å². The largest absolute Gasteiger partial charge is 0.368 e. The maximum Gasteiger partial charge on any atom is 0.237 e. The zero-order valence-electron chi connectivity index (χ0n) is 12.4. The summed E-state index contributed by atoms with van der Waals surface area (Å²) < 4.78 is 1.06. The van der Waals surface area contributed by atoms with Crippen molar-refractivity contribution in [3.63, 3.8) is 0 Å². The van der Waals surface area contributed by atoms with Gasteiger partial charge in [-0.05, 0) is 45.4 Å². The number of rotatable bonds is 7. The maximum atomic E-state index is 11.7. The Morgan fingerprint density at radius 3 is 2.60 bits per heavy atom. The third-order valence-corrected chi connectivity index (χ3v) is 4.57. The van der Waals surface area contributed by atoms with Crippen LogP contribution in [0.3, 0.4) is 0 Å². The molecule has 0 radical (unpaired) electrons. The fourth-order valence-corrected chi connectivity index (χ4v) is 4.04. The lowest BCUT2D eigenvalue weighted by atomic mass is 9.94. The fraction of sp³-hybridized carbons (Fsp3) is 0.533. The number of nitrogens with two attached hydrogens (primary N) is 1. The van der Waals surface area contributed by atoms with Gasteiger partial charge in [-0.1, -0.05) is 28.9 Å². The topological polar surface area (TPSA) is 55.1 Å². The molecule has 0 aliphatic heterocycles. The zero-order valence-corrected chi connectivity index (χ0v) is 14.8. The normalized spacial score (nSPS) is 15.9. The van der Waals surface area contributed by atoms with Crippen LogP contribution in [0, 0.1) is 0 Å². The molecule has 0 spiro atoms. The smallest absolute Gasteiger partial charge is 0.237 e. The summed E-state index contributed by atoms with van der Waals surface area (Å²) in [5, 5.41) is 3.57. The van der Waals surface area contributed by atoms with Crippen LogP contribution in [0.1, 0.15) is 34.1 Å². The molecule has 5 heteroatoms. The van der Waals surface area contributed by atoms with Crippen LogP contribution in [0.15, 0.2) is 33.6 Å². The van der Waals surface area contributed by atoms with Crippen molar-refractivity contribution in [2.75, 3.05) is 0 Å². The molecule has 112 valence electrons. The molecule has 0 saturated carbocycles. The van der Waals surface area contributed by atoms with E-state index in [1.807, 2.05) is 32.9 Å². The van der Waals surface area contributed by atoms with Crippen molar-refractivity contribution in [3.05, 3.63) is 28.7 Å². The number of amides is 1. The van der Waals surface area contributed by atoms with Gasteiger partial charge < -0.3 is 11.1 Å². The average molecular weight is 359 g/mol. The predicted octanol–water partition coefficient (Wildman–Crippen LogP) is 3.56. The number of primary amides is 1. The van der Waals surface area contributed by atoms with E-state index >= 15 is 0 Å². The highest BCUT2D eigenvalue weighted by Crippen LogP contribution is 2.30. The van der Waals surface area contributed by atoms with E-state index in [-0.39, 0.29) is 17.2 Å². The van der Waals surface area contributed by atoms with Crippen LogP contribution >= 0.6 is 27.7 Å². The summed E-state index contributed by atoms with van der Waals surface area (Å²) in [5.74, 6) is -0.298. The number of nitrogens with one attached hydrogen (secondary N) is 1. The van der Waals surface area contributed by atoms with Crippen molar-refractivity contribution in [2.24, 2.45) is 5.73 Å². The quantitative estimate of drug-likeness (QED) is 0.732. The highest BCUT2D eigenvalue weighted by atomic mass is 79.9. The van der Waals surface area contributed by atoms with Crippen molar-refractivity contribution < 1.29 is 4.79 Å². The summed E-state index contributed by atoms with van der Waals surface area (Å²) in [7, 11) is 0. The number of halogens is 1. The second kappa shape index (κ2) is 7.48. The van der Waals surface area contributed by atoms with E-state index in [2.05, 4.69) is 40.3 Å². The fourth-order valence-electron chi connectivity index (χ4n) is 2.26. The SMILES string of the molecule is CC(C)NC(C)(CC(C)Sc1cccc(Br)c1)C(N)=O. The Labute approximate surface area is 134 Å². The Bertz CT molecular complexity index is 467. The van der Waals surface area contributed by atoms with Crippen LogP contribution in [0.4, 0.5) is 0 Å². The molecule has 2 unspecified atom stereocenters. The van der Waals surface area contributed by atoms with Crippen LogP contribution < -0.4 is 11.1 Å². The number of hydrogen-bond acceptors (Lipinski definition) is 3. The molecule has 0 fully saturated rings. The van der Waals surface area contributed by atoms with Gasteiger partial charge in [0.15, 0.2) is 0 Å². The van der Waals surface area contributed by atoms with Crippen molar-refractivity contribution in [1.29, 1.82) is 0 Å². The van der Waals surface area contributed by atoms with E-state index in [9.17, 15) is 4.79 Å². The molecule has 0 aromatic heterocycles. The molecule has 3 nitrogen and oxygen atoms in total. The Hall–Kier alpha value is -0.520. The molecule has 20 heavy (non-hydrogen) atoms. The number of carbonyl (C=O) groups excluding carboxylic acids is 1. The Morgan fingerprint density at radius 1 is 1.45 bits per heavy atom. The highest BCUT2D eigenvalue weighted by molar-refractivity contribution is 9.10. The molecule has 1 aromatic carbocycles. The van der Waals surface area contributed by atoms with Gasteiger partial charge in [-0.3, -0.25) is 4.79 Å². The van der Waals surface area contributed by atoms with E-state index in [1.165, 1.54) is 4.90 Å².